The van der Waals surface area contributed by atoms with Gasteiger partial charge in [0.1, 0.15) is 0 Å². The third-order valence-electron chi connectivity index (χ3n) is 3.56. The molecule has 2 nitrogen and oxygen atoms in total. The van der Waals surface area contributed by atoms with E-state index in [4.69, 9.17) is 6.42 Å². The summed E-state index contributed by atoms with van der Waals surface area (Å²) >= 11 is 0. The van der Waals surface area contributed by atoms with Crippen LogP contribution in [-0.4, -0.2) is 17.2 Å². The van der Waals surface area contributed by atoms with Gasteiger partial charge in [-0.05, 0) is 37.4 Å². The van der Waals surface area contributed by atoms with Gasteiger partial charge in [0.15, 0.2) is 0 Å². The maximum Gasteiger partial charge on any atom is 0.0835 e. The van der Waals surface area contributed by atoms with Crippen molar-refractivity contribution in [1.82, 2.24) is 9.88 Å². The Bertz CT molecular complexity index is 587. The summed E-state index contributed by atoms with van der Waals surface area (Å²) < 4.78 is 2.18. The Morgan fingerprint density at radius 3 is 2.80 bits per heavy atom. The molecule has 0 amide bonds. The second-order valence-electron chi connectivity index (χ2n) is 5.57. The first-order valence-electron chi connectivity index (χ1n) is 7.46. The van der Waals surface area contributed by atoms with E-state index in [0.29, 0.717) is 12.6 Å². The molecule has 1 N–H and O–H groups in total. The maximum atomic E-state index is 5.45. The predicted molar refractivity (Wildman–Crippen MR) is 86.8 cm³/mol. The number of para-hydroxylation sites is 1. The molecule has 0 bridgehead atoms. The van der Waals surface area contributed by atoms with Gasteiger partial charge < -0.3 is 9.88 Å². The highest BCUT2D eigenvalue weighted by molar-refractivity contribution is 5.84. The molecule has 0 atom stereocenters. The fourth-order valence-electron chi connectivity index (χ4n) is 2.58. The first kappa shape index (κ1) is 14.7. The van der Waals surface area contributed by atoms with Crippen LogP contribution in [0, 0.1) is 12.3 Å². The van der Waals surface area contributed by atoms with Gasteiger partial charge in [0.2, 0.25) is 0 Å². The van der Waals surface area contributed by atoms with E-state index in [0.717, 1.165) is 13.0 Å². The lowest BCUT2D eigenvalue weighted by molar-refractivity contribution is 0.558. The maximum absolute atomic E-state index is 5.45. The third kappa shape index (κ3) is 3.65. The highest BCUT2D eigenvalue weighted by atomic mass is 14.9. The summed E-state index contributed by atoms with van der Waals surface area (Å²) in [5.41, 5.74) is 2.67. The molecule has 0 fully saturated rings. The molecular formula is C18H24N2. The van der Waals surface area contributed by atoms with Crippen LogP contribution in [0.2, 0.25) is 0 Å². The minimum Gasteiger partial charge on any atom is -0.336 e. The number of rotatable bonds is 7. The zero-order valence-electron chi connectivity index (χ0n) is 12.5. The van der Waals surface area contributed by atoms with Crippen LogP contribution in [0.5, 0.6) is 0 Å². The molecule has 0 aliphatic carbocycles. The first-order chi connectivity index (χ1) is 9.72. The predicted octanol–water partition coefficient (Wildman–Crippen LogP) is 3.60. The van der Waals surface area contributed by atoms with Gasteiger partial charge >= 0.3 is 0 Å². The second kappa shape index (κ2) is 7.17. The molecular weight excluding hydrogens is 244 g/mol. The van der Waals surface area contributed by atoms with Gasteiger partial charge in [-0.2, -0.15) is 0 Å². The van der Waals surface area contributed by atoms with Crippen molar-refractivity contribution in [3.63, 3.8) is 0 Å². The van der Waals surface area contributed by atoms with E-state index in [2.05, 4.69) is 60.1 Å². The zero-order chi connectivity index (χ0) is 14.4. The summed E-state index contributed by atoms with van der Waals surface area (Å²) in [6.45, 7) is 6.12. The molecule has 1 aromatic carbocycles. The number of hydrogen-bond donors (Lipinski definition) is 1. The molecule has 20 heavy (non-hydrogen) atoms. The lowest BCUT2D eigenvalue weighted by Crippen LogP contribution is -2.23. The molecule has 0 saturated heterocycles. The number of fused-ring (bicyclic) bond motifs is 1. The summed E-state index contributed by atoms with van der Waals surface area (Å²) in [4.78, 5) is 0. The van der Waals surface area contributed by atoms with Crippen molar-refractivity contribution in [3.8, 4) is 12.3 Å². The summed E-state index contributed by atoms with van der Waals surface area (Å²) in [5.74, 6) is 2.73. The van der Waals surface area contributed by atoms with Crippen molar-refractivity contribution in [2.24, 2.45) is 0 Å². The Kier molecular flexibility index (Phi) is 5.26. The molecule has 2 heteroatoms. The van der Waals surface area contributed by atoms with Gasteiger partial charge in [0, 0.05) is 23.1 Å². The third-order valence-corrected chi connectivity index (χ3v) is 3.56. The standard InChI is InChI=1S/C18H24N2/c1-4-13-20-14-16(9-7-8-12-19-15(2)3)17-10-5-6-11-18(17)20/h1,5-6,10-11,14-15,19H,7-9,12-13H2,2-3H3. The first-order valence-corrected chi connectivity index (χ1v) is 7.46. The molecule has 106 valence electrons. The largest absolute Gasteiger partial charge is 0.336 e. The summed E-state index contributed by atoms with van der Waals surface area (Å²) in [7, 11) is 0. The SMILES string of the molecule is C#CCn1cc(CCCCNC(C)C)c2ccccc21. The van der Waals surface area contributed by atoms with E-state index < -0.39 is 0 Å². The Morgan fingerprint density at radius 2 is 2.05 bits per heavy atom. The Labute approximate surface area is 122 Å². The van der Waals surface area contributed by atoms with E-state index in [1.165, 1.54) is 29.3 Å². The fraction of sp³-hybridized carbons (Fsp3) is 0.444. The second-order valence-corrected chi connectivity index (χ2v) is 5.57. The molecule has 2 aromatic rings. The van der Waals surface area contributed by atoms with E-state index in [-0.39, 0.29) is 0 Å². The lowest BCUT2D eigenvalue weighted by Gasteiger charge is -2.07. The normalized spacial score (nSPS) is 11.1. The molecule has 1 heterocycles. The van der Waals surface area contributed by atoms with Gasteiger partial charge in [-0.15, -0.1) is 6.42 Å². The number of aryl methyl sites for hydroxylation is 1. The lowest BCUT2D eigenvalue weighted by atomic mass is 10.1. The average molecular weight is 268 g/mol. The van der Waals surface area contributed by atoms with Gasteiger partial charge in [-0.1, -0.05) is 38.0 Å². The van der Waals surface area contributed by atoms with Crippen molar-refractivity contribution in [3.05, 3.63) is 36.0 Å². The van der Waals surface area contributed by atoms with Gasteiger partial charge in [0.25, 0.3) is 0 Å². The number of unbranched alkanes of at least 4 members (excludes halogenated alkanes) is 1. The van der Waals surface area contributed by atoms with E-state index >= 15 is 0 Å². The van der Waals surface area contributed by atoms with Crippen LogP contribution in [0.1, 0.15) is 32.3 Å². The molecule has 0 saturated carbocycles. The number of aromatic nitrogens is 1. The van der Waals surface area contributed by atoms with Crippen LogP contribution in [0.4, 0.5) is 0 Å². The van der Waals surface area contributed by atoms with E-state index in [1.54, 1.807) is 0 Å². The van der Waals surface area contributed by atoms with Crippen molar-refractivity contribution in [1.29, 1.82) is 0 Å². The van der Waals surface area contributed by atoms with Crippen molar-refractivity contribution in [2.75, 3.05) is 6.54 Å². The van der Waals surface area contributed by atoms with Crippen molar-refractivity contribution in [2.45, 2.75) is 45.7 Å². The summed E-state index contributed by atoms with van der Waals surface area (Å²) in [6.07, 6.45) is 11.2. The molecule has 0 aliphatic heterocycles. The van der Waals surface area contributed by atoms with Gasteiger partial charge in [0.05, 0.1) is 6.54 Å². The average Bonchev–Trinajstić information content (AvgIpc) is 2.77. The van der Waals surface area contributed by atoms with Crippen LogP contribution >= 0.6 is 0 Å². The molecule has 0 radical (unpaired) electrons. The highest BCUT2D eigenvalue weighted by Gasteiger charge is 2.06. The van der Waals surface area contributed by atoms with Crippen LogP contribution in [-0.2, 0) is 13.0 Å². The number of terminal acetylenes is 1. The number of hydrogen-bond acceptors (Lipinski definition) is 1. The molecule has 0 unspecified atom stereocenters. The van der Waals surface area contributed by atoms with Gasteiger partial charge in [-0.25, -0.2) is 0 Å². The fourth-order valence-corrected chi connectivity index (χ4v) is 2.58. The van der Waals surface area contributed by atoms with Crippen LogP contribution in [0.25, 0.3) is 10.9 Å². The monoisotopic (exact) mass is 268 g/mol. The van der Waals surface area contributed by atoms with Gasteiger partial charge in [-0.3, -0.25) is 0 Å². The van der Waals surface area contributed by atoms with Crippen LogP contribution < -0.4 is 5.32 Å². The van der Waals surface area contributed by atoms with E-state index in [9.17, 15) is 0 Å². The Balaban J connectivity index is 2.01. The minimum atomic E-state index is 0.576. The summed E-state index contributed by atoms with van der Waals surface area (Å²) in [5, 5.41) is 4.81. The molecule has 1 aromatic heterocycles. The molecule has 0 aliphatic rings. The van der Waals surface area contributed by atoms with Crippen molar-refractivity contribution >= 4 is 10.9 Å². The Morgan fingerprint density at radius 1 is 1.25 bits per heavy atom. The number of nitrogens with zero attached hydrogens (tertiary/aromatic N) is 1. The van der Waals surface area contributed by atoms with Crippen LogP contribution in [0.15, 0.2) is 30.5 Å². The minimum absolute atomic E-state index is 0.576. The quantitative estimate of drug-likeness (QED) is 0.600. The van der Waals surface area contributed by atoms with E-state index in [1.807, 2.05) is 0 Å². The van der Waals surface area contributed by atoms with Crippen LogP contribution in [0.3, 0.4) is 0 Å². The topological polar surface area (TPSA) is 17.0 Å². The Hall–Kier alpha value is -1.72. The number of benzene rings is 1. The smallest absolute Gasteiger partial charge is 0.0835 e. The molecule has 0 spiro atoms. The zero-order valence-corrected chi connectivity index (χ0v) is 12.5. The molecule has 2 rings (SSSR count). The van der Waals surface area contributed by atoms with Crippen molar-refractivity contribution < 1.29 is 0 Å². The summed E-state index contributed by atoms with van der Waals surface area (Å²) in [6, 6.07) is 9.10. The number of nitrogens with one attached hydrogen (secondary N) is 1. The highest BCUT2D eigenvalue weighted by Crippen LogP contribution is 2.22.